The zero-order valence-corrected chi connectivity index (χ0v) is 14.6. The summed E-state index contributed by atoms with van der Waals surface area (Å²) in [7, 11) is 0. The van der Waals surface area contributed by atoms with Gasteiger partial charge in [0.1, 0.15) is 5.03 Å². The van der Waals surface area contributed by atoms with Gasteiger partial charge in [0.15, 0.2) is 11.6 Å². The maximum absolute atomic E-state index is 12.0. The van der Waals surface area contributed by atoms with Crippen LogP contribution in [0.5, 0.6) is 0 Å². The molecular weight excluding hydrogens is 340 g/mol. The quantitative estimate of drug-likeness (QED) is 0.769. The molecule has 0 aliphatic heterocycles. The van der Waals surface area contributed by atoms with Crippen LogP contribution in [-0.2, 0) is 4.79 Å². The molecule has 2 aromatic heterocycles. The first kappa shape index (κ1) is 17.5. The van der Waals surface area contributed by atoms with Crippen LogP contribution in [0.1, 0.15) is 42.7 Å². The van der Waals surface area contributed by atoms with Gasteiger partial charge in [0.2, 0.25) is 5.91 Å². The summed E-state index contributed by atoms with van der Waals surface area (Å²) < 4.78 is 5.01. The summed E-state index contributed by atoms with van der Waals surface area (Å²) in [4.78, 5) is 23.8. The van der Waals surface area contributed by atoms with Crippen LogP contribution in [0, 0.1) is 0 Å². The summed E-state index contributed by atoms with van der Waals surface area (Å²) in [6, 6.07) is 6.89. The molecule has 132 valence electrons. The van der Waals surface area contributed by atoms with E-state index in [0.29, 0.717) is 22.6 Å². The predicted molar refractivity (Wildman–Crippen MR) is 94.4 cm³/mol. The van der Waals surface area contributed by atoms with E-state index in [2.05, 4.69) is 20.8 Å². The number of hydrogen-bond acceptors (Lipinski definition) is 6. The predicted octanol–water partition coefficient (Wildman–Crippen LogP) is 2.86. The first-order chi connectivity index (χ1) is 12.2. The summed E-state index contributed by atoms with van der Waals surface area (Å²) in [6.45, 7) is 0. The standard InChI is InChI=1S/C17H20N4O3S/c22-15(18-12-5-2-1-3-6-12)11-25-16-9-8-14(20-21-16)19-17(23)13-7-4-10-24-13/h4,7-10,12H,1-3,5-6,11H2,(H,18,22)(H,19,20,23). The van der Waals surface area contributed by atoms with Crippen LogP contribution < -0.4 is 10.6 Å². The minimum absolute atomic E-state index is 0.0221. The number of furan rings is 1. The number of nitrogens with zero attached hydrogens (tertiary/aromatic N) is 2. The van der Waals surface area contributed by atoms with Gasteiger partial charge in [0.05, 0.1) is 12.0 Å². The Balaban J connectivity index is 1.44. The average Bonchev–Trinajstić information content (AvgIpc) is 3.17. The number of thioether (sulfide) groups is 1. The normalized spacial score (nSPS) is 14.9. The van der Waals surface area contributed by atoms with E-state index in [-0.39, 0.29) is 17.6 Å². The lowest BCUT2D eigenvalue weighted by molar-refractivity contribution is -0.119. The van der Waals surface area contributed by atoms with E-state index in [0.717, 1.165) is 12.8 Å². The Kier molecular flexibility index (Phi) is 6.05. The fourth-order valence-electron chi connectivity index (χ4n) is 2.71. The molecule has 0 radical (unpaired) electrons. The monoisotopic (exact) mass is 360 g/mol. The van der Waals surface area contributed by atoms with Crippen LogP contribution in [0.4, 0.5) is 5.82 Å². The molecule has 1 fully saturated rings. The maximum atomic E-state index is 12.0. The highest BCUT2D eigenvalue weighted by Gasteiger charge is 2.16. The summed E-state index contributed by atoms with van der Waals surface area (Å²) in [5.41, 5.74) is 0. The van der Waals surface area contributed by atoms with Crippen molar-refractivity contribution in [1.29, 1.82) is 0 Å². The lowest BCUT2D eigenvalue weighted by Gasteiger charge is -2.22. The van der Waals surface area contributed by atoms with Crippen molar-refractivity contribution in [1.82, 2.24) is 15.5 Å². The van der Waals surface area contributed by atoms with E-state index >= 15 is 0 Å². The molecule has 2 N–H and O–H groups in total. The number of hydrogen-bond donors (Lipinski definition) is 2. The number of nitrogens with one attached hydrogen (secondary N) is 2. The molecule has 2 amide bonds. The Labute approximate surface area is 150 Å². The van der Waals surface area contributed by atoms with Gasteiger partial charge in [-0.25, -0.2) is 0 Å². The van der Waals surface area contributed by atoms with Gasteiger partial charge in [0.25, 0.3) is 5.91 Å². The fraction of sp³-hybridized carbons (Fsp3) is 0.412. The number of rotatable bonds is 6. The van der Waals surface area contributed by atoms with E-state index < -0.39 is 0 Å². The van der Waals surface area contributed by atoms with Crippen molar-refractivity contribution in [2.75, 3.05) is 11.1 Å². The number of anilines is 1. The Morgan fingerprint density at radius 1 is 1.16 bits per heavy atom. The molecule has 1 aliphatic rings. The zero-order valence-electron chi connectivity index (χ0n) is 13.7. The average molecular weight is 360 g/mol. The second-order valence-electron chi connectivity index (χ2n) is 5.88. The van der Waals surface area contributed by atoms with Gasteiger partial charge in [-0.15, -0.1) is 10.2 Å². The van der Waals surface area contributed by atoms with Gasteiger partial charge < -0.3 is 15.1 Å². The third-order valence-corrected chi connectivity index (χ3v) is 4.87. The van der Waals surface area contributed by atoms with E-state index in [4.69, 9.17) is 4.42 Å². The van der Waals surface area contributed by atoms with Gasteiger partial charge in [-0.2, -0.15) is 0 Å². The Hall–Kier alpha value is -2.35. The third kappa shape index (κ3) is 5.32. The van der Waals surface area contributed by atoms with Gasteiger partial charge in [-0.1, -0.05) is 31.0 Å². The van der Waals surface area contributed by atoms with Crippen molar-refractivity contribution < 1.29 is 14.0 Å². The largest absolute Gasteiger partial charge is 0.459 e. The second kappa shape index (κ2) is 8.66. The summed E-state index contributed by atoms with van der Waals surface area (Å²) >= 11 is 1.33. The second-order valence-corrected chi connectivity index (χ2v) is 6.87. The highest BCUT2D eigenvalue weighted by atomic mass is 32.2. The smallest absolute Gasteiger partial charge is 0.292 e. The molecule has 7 nitrogen and oxygen atoms in total. The topological polar surface area (TPSA) is 97.1 Å². The SMILES string of the molecule is O=C(CSc1ccc(NC(=O)c2ccco2)nn1)NC1CCCCC1. The molecule has 25 heavy (non-hydrogen) atoms. The Morgan fingerprint density at radius 2 is 2.00 bits per heavy atom. The highest BCUT2D eigenvalue weighted by Crippen LogP contribution is 2.19. The molecule has 1 saturated carbocycles. The molecule has 8 heteroatoms. The molecule has 0 saturated heterocycles. The van der Waals surface area contributed by atoms with E-state index in [1.165, 1.54) is 37.3 Å². The highest BCUT2D eigenvalue weighted by molar-refractivity contribution is 7.99. The molecule has 0 unspecified atom stereocenters. The van der Waals surface area contributed by atoms with Crippen LogP contribution in [-0.4, -0.2) is 33.8 Å². The molecule has 0 atom stereocenters. The van der Waals surface area contributed by atoms with Crippen molar-refractivity contribution in [2.24, 2.45) is 0 Å². The van der Waals surface area contributed by atoms with Crippen LogP contribution in [0.25, 0.3) is 0 Å². The molecule has 1 aliphatic carbocycles. The summed E-state index contributed by atoms with van der Waals surface area (Å²) in [5.74, 6) is 0.487. The molecular formula is C17H20N4O3S. The van der Waals surface area contributed by atoms with Crippen LogP contribution in [0.3, 0.4) is 0 Å². The summed E-state index contributed by atoms with van der Waals surface area (Å²) in [5, 5.41) is 14.3. The van der Waals surface area contributed by atoms with Crippen LogP contribution in [0.15, 0.2) is 40.0 Å². The lowest BCUT2D eigenvalue weighted by Crippen LogP contribution is -2.37. The fourth-order valence-corrected chi connectivity index (χ4v) is 3.33. The third-order valence-electron chi connectivity index (χ3n) is 3.95. The minimum Gasteiger partial charge on any atom is -0.459 e. The molecule has 2 aromatic rings. The lowest BCUT2D eigenvalue weighted by atomic mass is 9.95. The Bertz CT molecular complexity index is 697. The van der Waals surface area contributed by atoms with Crippen LogP contribution >= 0.6 is 11.8 Å². The molecule has 2 heterocycles. The van der Waals surface area contributed by atoms with Gasteiger partial charge >= 0.3 is 0 Å². The molecule has 0 spiro atoms. The van der Waals surface area contributed by atoms with Crippen molar-refractivity contribution in [2.45, 2.75) is 43.2 Å². The first-order valence-corrected chi connectivity index (χ1v) is 9.30. The Morgan fingerprint density at radius 3 is 2.68 bits per heavy atom. The number of carbonyl (C=O) groups excluding carboxylic acids is 2. The van der Waals surface area contributed by atoms with Gasteiger partial charge in [-0.05, 0) is 37.1 Å². The van der Waals surface area contributed by atoms with Gasteiger partial charge in [0, 0.05) is 6.04 Å². The molecule has 0 bridgehead atoms. The molecule has 3 rings (SSSR count). The minimum atomic E-state index is -0.383. The maximum Gasteiger partial charge on any atom is 0.292 e. The number of aromatic nitrogens is 2. The van der Waals surface area contributed by atoms with Gasteiger partial charge in [-0.3, -0.25) is 9.59 Å². The van der Waals surface area contributed by atoms with E-state index in [1.54, 1.807) is 24.3 Å². The van der Waals surface area contributed by atoms with Crippen molar-refractivity contribution in [3.8, 4) is 0 Å². The van der Waals surface area contributed by atoms with Crippen molar-refractivity contribution >= 4 is 29.4 Å². The number of amides is 2. The van der Waals surface area contributed by atoms with Crippen LogP contribution in [0.2, 0.25) is 0 Å². The van der Waals surface area contributed by atoms with Crippen molar-refractivity contribution in [3.63, 3.8) is 0 Å². The first-order valence-electron chi connectivity index (χ1n) is 8.31. The summed E-state index contributed by atoms with van der Waals surface area (Å²) in [6.07, 6.45) is 7.21. The van der Waals surface area contributed by atoms with Crippen molar-refractivity contribution in [3.05, 3.63) is 36.3 Å². The van der Waals surface area contributed by atoms with E-state index in [9.17, 15) is 9.59 Å². The zero-order chi connectivity index (χ0) is 17.5. The van der Waals surface area contributed by atoms with E-state index in [1.807, 2.05) is 0 Å². The molecule has 0 aromatic carbocycles. The number of carbonyl (C=O) groups is 2.